The maximum Gasteiger partial charge on any atom is 0.472 e. The highest BCUT2D eigenvalue weighted by Crippen LogP contribution is 2.45. The second kappa shape index (κ2) is 61.9. The van der Waals surface area contributed by atoms with Crippen LogP contribution in [0.25, 0.3) is 0 Å². The van der Waals surface area contributed by atoms with Crippen molar-refractivity contribution in [3.8, 4) is 0 Å². The molecule has 0 bridgehead atoms. The van der Waals surface area contributed by atoms with Gasteiger partial charge in [0, 0.05) is 25.7 Å². The van der Waals surface area contributed by atoms with Crippen LogP contribution >= 0.6 is 15.6 Å². The molecule has 86 heavy (non-hydrogen) atoms. The molecular weight excluding hydrogens is 1140 g/mol. The number of rotatable bonds is 68. The molecule has 0 aliphatic rings. The van der Waals surface area contributed by atoms with Crippen molar-refractivity contribution < 1.29 is 80.2 Å². The fourth-order valence-electron chi connectivity index (χ4n) is 10.2. The maximum absolute atomic E-state index is 13.0. The summed E-state index contributed by atoms with van der Waals surface area (Å²) in [5.41, 5.74) is 0. The van der Waals surface area contributed by atoms with Crippen LogP contribution in [0.1, 0.15) is 349 Å². The average Bonchev–Trinajstić information content (AvgIpc) is 3.63. The number of hydrogen-bond donors (Lipinski definition) is 3. The van der Waals surface area contributed by atoms with E-state index in [0.717, 1.165) is 96.3 Å². The summed E-state index contributed by atoms with van der Waals surface area (Å²) in [6.45, 7) is 4.89. The number of ether oxygens (including phenoxy) is 4. The molecule has 5 atom stereocenters. The summed E-state index contributed by atoms with van der Waals surface area (Å²) in [4.78, 5) is 72.3. The number of carbonyl (C=O) groups excluding carboxylic acids is 4. The van der Waals surface area contributed by atoms with E-state index in [1.54, 1.807) is 0 Å². The van der Waals surface area contributed by atoms with E-state index in [1.807, 2.05) is 0 Å². The van der Waals surface area contributed by atoms with Gasteiger partial charge in [-0.3, -0.25) is 37.3 Å². The predicted molar refractivity (Wildman–Crippen MR) is 345 cm³/mol. The molecule has 0 aromatic heterocycles. The number of aliphatic hydroxyl groups excluding tert-OH is 1. The van der Waals surface area contributed by atoms with E-state index in [2.05, 4.69) is 27.7 Å². The zero-order chi connectivity index (χ0) is 63.3. The standard InChI is InChI=1S/C67H130O17P2/c1-5-9-13-17-21-25-27-29-31-33-35-38-42-46-50-54-67(72)84-63(58-78-65(70)52-48-44-40-37-34-32-30-28-26-22-18-14-10-6-2)60-82-86(75,76)80-56-61(68)55-79-85(73,74)81-59-62(57-77-64(69)51-47-43-39-24-20-16-12-8-4)83-66(71)53-49-45-41-36-23-19-15-11-7-3/h61-63,68H,5-60H2,1-4H3,(H,73,74)(H,75,76)/t61-,62+,63+/m0/s1. The van der Waals surface area contributed by atoms with Gasteiger partial charge in [-0.25, -0.2) is 9.13 Å². The zero-order valence-electron chi connectivity index (χ0n) is 55.3. The highest BCUT2D eigenvalue weighted by atomic mass is 31.2. The lowest BCUT2D eigenvalue weighted by atomic mass is 10.0. The fraction of sp³-hybridized carbons (Fsp3) is 0.940. The van der Waals surface area contributed by atoms with Crippen LogP contribution in [-0.4, -0.2) is 96.7 Å². The molecule has 0 rings (SSSR count). The third-order valence-electron chi connectivity index (χ3n) is 15.6. The molecule has 3 N–H and O–H groups in total. The number of hydrogen-bond acceptors (Lipinski definition) is 15. The Balaban J connectivity index is 5.20. The molecule has 0 amide bonds. The molecule has 0 spiro atoms. The van der Waals surface area contributed by atoms with Crippen molar-refractivity contribution in [2.24, 2.45) is 0 Å². The van der Waals surface area contributed by atoms with E-state index in [-0.39, 0.29) is 25.7 Å². The quantitative estimate of drug-likeness (QED) is 0.0222. The van der Waals surface area contributed by atoms with Crippen molar-refractivity contribution in [3.63, 3.8) is 0 Å². The first-order valence-corrected chi connectivity index (χ1v) is 38.3. The first kappa shape index (κ1) is 84.1. The number of unbranched alkanes of at least 4 members (excludes halogenated alkanes) is 42. The van der Waals surface area contributed by atoms with Crippen LogP contribution in [0.3, 0.4) is 0 Å². The Morgan fingerprint density at radius 2 is 0.465 bits per heavy atom. The number of esters is 4. The molecule has 0 radical (unpaired) electrons. The minimum absolute atomic E-state index is 0.106. The van der Waals surface area contributed by atoms with Gasteiger partial charge in [0.1, 0.15) is 19.3 Å². The Labute approximate surface area is 524 Å². The van der Waals surface area contributed by atoms with E-state index < -0.39 is 97.5 Å². The summed E-state index contributed by atoms with van der Waals surface area (Å²) in [6, 6.07) is 0. The van der Waals surface area contributed by atoms with E-state index in [9.17, 15) is 43.2 Å². The molecule has 0 fully saturated rings. The summed E-state index contributed by atoms with van der Waals surface area (Å²) in [7, 11) is -9.89. The molecular formula is C67H130O17P2. The number of phosphoric ester groups is 2. The van der Waals surface area contributed by atoms with Crippen LogP contribution in [0.2, 0.25) is 0 Å². The van der Waals surface area contributed by atoms with Gasteiger partial charge < -0.3 is 33.8 Å². The molecule has 0 saturated carbocycles. The minimum Gasteiger partial charge on any atom is -0.462 e. The Morgan fingerprint density at radius 3 is 0.686 bits per heavy atom. The third-order valence-corrected chi connectivity index (χ3v) is 17.5. The van der Waals surface area contributed by atoms with Gasteiger partial charge in [-0.1, -0.05) is 297 Å². The lowest BCUT2D eigenvalue weighted by molar-refractivity contribution is -0.161. The summed E-state index contributed by atoms with van der Waals surface area (Å²) in [5, 5.41) is 10.5. The molecule has 19 heteroatoms. The van der Waals surface area contributed by atoms with Crippen LogP contribution in [-0.2, 0) is 65.4 Å². The van der Waals surface area contributed by atoms with E-state index in [1.165, 1.54) is 173 Å². The smallest absolute Gasteiger partial charge is 0.462 e. The molecule has 0 aliphatic heterocycles. The molecule has 0 aromatic carbocycles. The monoisotopic (exact) mass is 1270 g/mol. The fourth-order valence-corrected chi connectivity index (χ4v) is 11.7. The Bertz CT molecular complexity index is 1650. The minimum atomic E-state index is -4.95. The Kier molecular flexibility index (Phi) is 60.5. The van der Waals surface area contributed by atoms with Crippen LogP contribution in [0.5, 0.6) is 0 Å². The number of carbonyl (C=O) groups is 4. The summed E-state index contributed by atoms with van der Waals surface area (Å²) in [6.07, 6.45) is 48.5. The second-order valence-electron chi connectivity index (χ2n) is 24.2. The van der Waals surface area contributed by atoms with Crippen LogP contribution in [0, 0.1) is 0 Å². The van der Waals surface area contributed by atoms with Crippen molar-refractivity contribution in [2.45, 2.75) is 367 Å². The van der Waals surface area contributed by atoms with Crippen LogP contribution in [0.15, 0.2) is 0 Å². The number of aliphatic hydroxyl groups is 1. The Morgan fingerprint density at radius 1 is 0.279 bits per heavy atom. The second-order valence-corrected chi connectivity index (χ2v) is 27.1. The van der Waals surface area contributed by atoms with Gasteiger partial charge >= 0.3 is 39.5 Å². The highest BCUT2D eigenvalue weighted by molar-refractivity contribution is 7.47. The summed E-state index contributed by atoms with van der Waals surface area (Å²) >= 11 is 0. The van der Waals surface area contributed by atoms with E-state index in [4.69, 9.17) is 37.0 Å². The lowest BCUT2D eigenvalue weighted by Crippen LogP contribution is -2.30. The molecule has 0 heterocycles. The van der Waals surface area contributed by atoms with Gasteiger partial charge in [0.15, 0.2) is 12.2 Å². The van der Waals surface area contributed by atoms with Gasteiger partial charge in [0.2, 0.25) is 0 Å². The first-order valence-electron chi connectivity index (χ1n) is 35.3. The van der Waals surface area contributed by atoms with Crippen molar-refractivity contribution in [1.29, 1.82) is 0 Å². The maximum atomic E-state index is 13.0. The lowest BCUT2D eigenvalue weighted by Gasteiger charge is -2.21. The van der Waals surface area contributed by atoms with Crippen molar-refractivity contribution in [2.75, 3.05) is 39.6 Å². The molecule has 2 unspecified atom stereocenters. The Hall–Kier alpha value is -1.94. The first-order chi connectivity index (χ1) is 41.7. The third kappa shape index (κ3) is 60.9. The van der Waals surface area contributed by atoms with Crippen molar-refractivity contribution in [3.05, 3.63) is 0 Å². The van der Waals surface area contributed by atoms with Crippen molar-refractivity contribution in [1.82, 2.24) is 0 Å². The van der Waals surface area contributed by atoms with Crippen LogP contribution < -0.4 is 0 Å². The molecule has 0 saturated heterocycles. The SMILES string of the molecule is CCCCCCCCCCCCCCCCCC(=O)O[C@H](COC(=O)CCCCCCCCCCCCCCCC)COP(=O)(O)OC[C@@H](O)COP(=O)(O)OC[C@@H](COC(=O)CCCCCCCCCC)OC(=O)CCCCCCCCCCC. The van der Waals surface area contributed by atoms with Crippen molar-refractivity contribution >= 4 is 39.5 Å². The van der Waals surface area contributed by atoms with Gasteiger partial charge in [0.05, 0.1) is 26.4 Å². The zero-order valence-corrected chi connectivity index (χ0v) is 57.1. The molecule has 0 aromatic rings. The van der Waals surface area contributed by atoms with E-state index >= 15 is 0 Å². The highest BCUT2D eigenvalue weighted by Gasteiger charge is 2.30. The summed E-state index contributed by atoms with van der Waals surface area (Å²) < 4.78 is 68.1. The largest absolute Gasteiger partial charge is 0.472 e. The topological polar surface area (TPSA) is 237 Å². The van der Waals surface area contributed by atoms with E-state index in [0.29, 0.717) is 25.7 Å². The van der Waals surface area contributed by atoms with Gasteiger partial charge in [0.25, 0.3) is 0 Å². The molecule has 510 valence electrons. The van der Waals surface area contributed by atoms with Gasteiger partial charge in [-0.2, -0.15) is 0 Å². The normalized spacial score (nSPS) is 14.1. The predicted octanol–water partition coefficient (Wildman–Crippen LogP) is 19.1. The molecule has 0 aliphatic carbocycles. The van der Waals surface area contributed by atoms with Gasteiger partial charge in [-0.15, -0.1) is 0 Å². The average molecular weight is 1270 g/mol. The van der Waals surface area contributed by atoms with Gasteiger partial charge in [-0.05, 0) is 25.7 Å². The number of phosphoric acid groups is 2. The van der Waals surface area contributed by atoms with Crippen LogP contribution in [0.4, 0.5) is 0 Å². The molecule has 17 nitrogen and oxygen atoms in total. The summed E-state index contributed by atoms with van der Waals surface area (Å²) in [5.74, 6) is -2.13.